The number of hydrogen-bond donors (Lipinski definition) is 1. The summed E-state index contributed by atoms with van der Waals surface area (Å²) in [6, 6.07) is 3.92. The molecule has 0 amide bonds. The summed E-state index contributed by atoms with van der Waals surface area (Å²) in [5.41, 5.74) is 7.22. The molecule has 0 spiro atoms. The molecule has 2 rings (SSSR count). The predicted octanol–water partition coefficient (Wildman–Crippen LogP) is 3.51. The van der Waals surface area contributed by atoms with Gasteiger partial charge in [0.1, 0.15) is 0 Å². The van der Waals surface area contributed by atoms with E-state index in [1.807, 2.05) is 32.9 Å². The zero-order valence-electron chi connectivity index (χ0n) is 12.0. The number of hydrogen-bond acceptors (Lipinski definition) is 3. The maximum atomic E-state index is 6.39. The van der Waals surface area contributed by atoms with Gasteiger partial charge in [-0.1, -0.05) is 11.6 Å². The average Bonchev–Trinajstić information content (AvgIpc) is 3.11. The summed E-state index contributed by atoms with van der Waals surface area (Å²) in [6.45, 7) is 6.02. The summed E-state index contributed by atoms with van der Waals surface area (Å²) >= 11 is 6.39. The highest BCUT2D eigenvalue weighted by atomic mass is 35.5. The molecule has 0 radical (unpaired) electrons. The molecule has 0 heterocycles. The van der Waals surface area contributed by atoms with Crippen molar-refractivity contribution in [3.05, 3.63) is 22.7 Å². The Hall–Kier alpha value is -0.930. The van der Waals surface area contributed by atoms with Crippen molar-refractivity contribution in [1.29, 1.82) is 0 Å². The van der Waals surface area contributed by atoms with E-state index in [1.54, 1.807) is 7.11 Å². The van der Waals surface area contributed by atoms with Gasteiger partial charge in [0.25, 0.3) is 0 Å². The largest absolute Gasteiger partial charge is 0.493 e. The minimum absolute atomic E-state index is 0.0123. The van der Waals surface area contributed by atoms with Crippen molar-refractivity contribution in [2.24, 2.45) is 5.73 Å². The lowest BCUT2D eigenvalue weighted by atomic mass is 9.89. The highest BCUT2D eigenvalue weighted by Crippen LogP contribution is 2.54. The molecule has 0 aliphatic heterocycles. The first-order valence-corrected chi connectivity index (χ1v) is 7.09. The second-order valence-electron chi connectivity index (χ2n) is 5.59. The normalized spacial score (nSPS) is 18.3. The molecule has 3 nitrogen and oxygen atoms in total. The van der Waals surface area contributed by atoms with Crippen molar-refractivity contribution < 1.29 is 9.47 Å². The first kappa shape index (κ1) is 14.5. The lowest BCUT2D eigenvalue weighted by molar-refractivity contribution is 0.229. The number of methoxy groups -OCH3 is 1. The Balaban J connectivity index is 2.45. The quantitative estimate of drug-likeness (QED) is 0.899. The predicted molar refractivity (Wildman–Crippen MR) is 78.3 cm³/mol. The van der Waals surface area contributed by atoms with Crippen LogP contribution in [0.3, 0.4) is 0 Å². The SMILES string of the molecule is COc1cc(Cl)c(C2(C(C)N)CC2)cc1OC(C)C. The van der Waals surface area contributed by atoms with Gasteiger partial charge in [-0.25, -0.2) is 0 Å². The maximum absolute atomic E-state index is 6.39. The van der Waals surface area contributed by atoms with Crippen LogP contribution < -0.4 is 15.2 Å². The average molecular weight is 284 g/mol. The van der Waals surface area contributed by atoms with E-state index in [-0.39, 0.29) is 17.6 Å². The number of benzene rings is 1. The molecule has 1 aliphatic rings. The molecule has 1 atom stereocenters. The van der Waals surface area contributed by atoms with E-state index in [1.165, 1.54) is 0 Å². The Bertz CT molecular complexity index is 467. The van der Waals surface area contributed by atoms with Crippen LogP contribution in [0.4, 0.5) is 0 Å². The highest BCUT2D eigenvalue weighted by Gasteiger charge is 2.49. The van der Waals surface area contributed by atoms with E-state index < -0.39 is 0 Å². The minimum atomic E-state index is 0.0123. The summed E-state index contributed by atoms with van der Waals surface area (Å²) in [5, 5.41) is 0.711. The molecule has 2 N–H and O–H groups in total. The summed E-state index contributed by atoms with van der Waals surface area (Å²) in [4.78, 5) is 0. The van der Waals surface area contributed by atoms with Crippen molar-refractivity contribution in [3.8, 4) is 11.5 Å². The maximum Gasteiger partial charge on any atom is 0.162 e. The smallest absolute Gasteiger partial charge is 0.162 e. The van der Waals surface area contributed by atoms with Crippen molar-refractivity contribution in [3.63, 3.8) is 0 Å². The van der Waals surface area contributed by atoms with Crippen LogP contribution in [0.1, 0.15) is 39.2 Å². The molecule has 4 heteroatoms. The molecule has 0 aromatic heterocycles. The number of nitrogens with two attached hydrogens (primary N) is 1. The monoisotopic (exact) mass is 283 g/mol. The molecular weight excluding hydrogens is 262 g/mol. The second-order valence-corrected chi connectivity index (χ2v) is 6.00. The van der Waals surface area contributed by atoms with Crippen LogP contribution in [0.25, 0.3) is 0 Å². The van der Waals surface area contributed by atoms with Gasteiger partial charge in [0, 0.05) is 22.5 Å². The van der Waals surface area contributed by atoms with Gasteiger partial charge in [0.05, 0.1) is 13.2 Å². The molecule has 19 heavy (non-hydrogen) atoms. The molecular formula is C15H22ClNO2. The fraction of sp³-hybridized carbons (Fsp3) is 0.600. The van der Waals surface area contributed by atoms with Gasteiger partial charge in [-0.2, -0.15) is 0 Å². The first-order chi connectivity index (χ1) is 8.90. The topological polar surface area (TPSA) is 44.5 Å². The van der Waals surface area contributed by atoms with Crippen LogP contribution in [0, 0.1) is 0 Å². The highest BCUT2D eigenvalue weighted by molar-refractivity contribution is 6.31. The Morgan fingerprint density at radius 1 is 1.21 bits per heavy atom. The molecule has 1 aliphatic carbocycles. The Morgan fingerprint density at radius 3 is 2.26 bits per heavy atom. The molecule has 106 valence electrons. The molecule has 0 bridgehead atoms. The standard InChI is InChI=1S/C15H22ClNO2/c1-9(2)19-14-7-11(12(16)8-13(14)18-4)15(5-6-15)10(3)17/h7-10H,5-6,17H2,1-4H3. The van der Waals surface area contributed by atoms with E-state index >= 15 is 0 Å². The second kappa shape index (κ2) is 5.22. The fourth-order valence-corrected chi connectivity index (χ4v) is 2.87. The third-order valence-electron chi connectivity index (χ3n) is 3.81. The van der Waals surface area contributed by atoms with Crippen LogP contribution in [-0.4, -0.2) is 19.3 Å². The van der Waals surface area contributed by atoms with E-state index in [9.17, 15) is 0 Å². The number of rotatable bonds is 5. The van der Waals surface area contributed by atoms with E-state index in [0.717, 1.165) is 24.2 Å². The zero-order chi connectivity index (χ0) is 14.2. The van der Waals surface area contributed by atoms with Crippen LogP contribution in [-0.2, 0) is 5.41 Å². The van der Waals surface area contributed by atoms with Gasteiger partial charge in [0.2, 0.25) is 0 Å². The van der Waals surface area contributed by atoms with Gasteiger partial charge in [-0.15, -0.1) is 0 Å². The van der Waals surface area contributed by atoms with Gasteiger partial charge < -0.3 is 15.2 Å². The van der Waals surface area contributed by atoms with Crippen molar-refractivity contribution in [2.45, 2.75) is 51.2 Å². The third-order valence-corrected chi connectivity index (χ3v) is 4.13. The minimum Gasteiger partial charge on any atom is -0.493 e. The summed E-state index contributed by atoms with van der Waals surface area (Å²) in [5.74, 6) is 1.41. The van der Waals surface area contributed by atoms with E-state index in [2.05, 4.69) is 0 Å². The van der Waals surface area contributed by atoms with Crippen molar-refractivity contribution in [2.75, 3.05) is 7.11 Å². The van der Waals surface area contributed by atoms with Crippen molar-refractivity contribution >= 4 is 11.6 Å². The molecule has 1 fully saturated rings. The Morgan fingerprint density at radius 2 is 1.84 bits per heavy atom. The number of halogens is 1. The molecule has 1 saturated carbocycles. The van der Waals surface area contributed by atoms with Crippen LogP contribution in [0.5, 0.6) is 11.5 Å². The molecule has 1 aromatic carbocycles. The van der Waals surface area contributed by atoms with Gasteiger partial charge in [-0.05, 0) is 45.2 Å². The lowest BCUT2D eigenvalue weighted by Gasteiger charge is -2.23. The molecule has 0 saturated heterocycles. The summed E-state index contributed by atoms with van der Waals surface area (Å²) in [7, 11) is 1.62. The zero-order valence-corrected chi connectivity index (χ0v) is 12.8. The molecule has 1 aromatic rings. The van der Waals surface area contributed by atoms with Crippen molar-refractivity contribution in [1.82, 2.24) is 0 Å². The van der Waals surface area contributed by atoms with Crippen LogP contribution in [0.15, 0.2) is 12.1 Å². The Labute approximate surface area is 120 Å². The van der Waals surface area contributed by atoms with E-state index in [4.69, 9.17) is 26.8 Å². The van der Waals surface area contributed by atoms with Gasteiger partial charge >= 0.3 is 0 Å². The van der Waals surface area contributed by atoms with Crippen LogP contribution >= 0.6 is 11.6 Å². The lowest BCUT2D eigenvalue weighted by Crippen LogP contribution is -2.31. The van der Waals surface area contributed by atoms with Gasteiger partial charge in [-0.3, -0.25) is 0 Å². The van der Waals surface area contributed by atoms with E-state index in [0.29, 0.717) is 10.8 Å². The number of ether oxygens (including phenoxy) is 2. The fourth-order valence-electron chi connectivity index (χ4n) is 2.53. The Kier molecular flexibility index (Phi) is 3.98. The van der Waals surface area contributed by atoms with Crippen LogP contribution in [0.2, 0.25) is 5.02 Å². The van der Waals surface area contributed by atoms with Gasteiger partial charge in [0.15, 0.2) is 11.5 Å². The first-order valence-electron chi connectivity index (χ1n) is 6.71. The molecule has 1 unspecified atom stereocenters. The summed E-state index contributed by atoms with van der Waals surface area (Å²) < 4.78 is 11.1. The third kappa shape index (κ3) is 2.67. The summed E-state index contributed by atoms with van der Waals surface area (Å²) in [6.07, 6.45) is 2.25.